The van der Waals surface area contributed by atoms with E-state index < -0.39 is 5.91 Å². The molecule has 176 valence electrons. The van der Waals surface area contributed by atoms with Crippen LogP contribution in [0.4, 0.5) is 11.5 Å². The van der Waals surface area contributed by atoms with Crippen LogP contribution in [0.2, 0.25) is 0 Å². The zero-order valence-electron chi connectivity index (χ0n) is 20.1. The predicted molar refractivity (Wildman–Crippen MR) is 133 cm³/mol. The van der Waals surface area contributed by atoms with Crippen LogP contribution in [0.25, 0.3) is 0 Å². The second-order valence-electron chi connectivity index (χ2n) is 8.38. The number of likely N-dealkylation sites (N-methyl/N-ethyl adjacent to an activating group) is 1. The highest BCUT2D eigenvalue weighted by atomic mass is 16.2. The molecule has 1 saturated heterocycles. The first-order valence-electron chi connectivity index (χ1n) is 11.2. The Kier molecular flexibility index (Phi) is 12.9. The van der Waals surface area contributed by atoms with Gasteiger partial charge in [0.1, 0.15) is 5.82 Å². The van der Waals surface area contributed by atoms with Crippen LogP contribution in [-0.4, -0.2) is 66.2 Å². The number of anilines is 2. The minimum atomic E-state index is -0.696. The highest BCUT2D eigenvalue weighted by molar-refractivity contribution is 6.29. The molecular formula is C25H39N5O2. The lowest BCUT2D eigenvalue weighted by Gasteiger charge is -2.39. The molecule has 1 aromatic heterocycles. The molecule has 7 nitrogen and oxygen atoms in total. The molecular weight excluding hydrogens is 402 g/mol. The van der Waals surface area contributed by atoms with Crippen molar-refractivity contribution in [2.75, 3.05) is 44.3 Å². The van der Waals surface area contributed by atoms with Crippen LogP contribution in [0.3, 0.4) is 0 Å². The van der Waals surface area contributed by atoms with Gasteiger partial charge in [0.05, 0.1) is 11.9 Å². The largest absolute Gasteiger partial charge is 0.383 e. The summed E-state index contributed by atoms with van der Waals surface area (Å²) < 4.78 is 0. The molecule has 1 amide bonds. The standard InChI is InChI=1S/C10H22N2.C9H11N3O2.C6H6/c1-9(2)7-12-6-5-11(4)8-10(12)3;1-2-6-3-7(4-11-9(6)10)12-8(14)5-13;1-2-4-6-5-3-1/h9-10H,5-8H2,1-4H3;3-5H,2H2,1H3,(H2,10,11)(H,12,14);1-6H. The van der Waals surface area contributed by atoms with E-state index in [1.807, 2.05) is 43.3 Å². The van der Waals surface area contributed by atoms with Crippen LogP contribution in [0.5, 0.6) is 0 Å². The van der Waals surface area contributed by atoms with Crippen molar-refractivity contribution in [3.63, 3.8) is 0 Å². The fourth-order valence-electron chi connectivity index (χ4n) is 3.35. The summed E-state index contributed by atoms with van der Waals surface area (Å²) in [5.74, 6) is 0.547. The van der Waals surface area contributed by atoms with E-state index in [1.54, 1.807) is 6.07 Å². The number of piperazine rings is 1. The van der Waals surface area contributed by atoms with Gasteiger partial charge in [-0.1, -0.05) is 57.2 Å². The fraction of sp³-hybridized carbons (Fsp3) is 0.480. The highest BCUT2D eigenvalue weighted by Gasteiger charge is 2.21. The first-order valence-corrected chi connectivity index (χ1v) is 11.2. The summed E-state index contributed by atoms with van der Waals surface area (Å²) in [5.41, 5.74) is 6.89. The van der Waals surface area contributed by atoms with Crippen molar-refractivity contribution < 1.29 is 9.59 Å². The van der Waals surface area contributed by atoms with Gasteiger partial charge in [-0.05, 0) is 37.9 Å². The van der Waals surface area contributed by atoms with Gasteiger partial charge in [0.2, 0.25) is 6.29 Å². The maximum atomic E-state index is 10.7. The summed E-state index contributed by atoms with van der Waals surface area (Å²) in [6, 6.07) is 14.4. The average molecular weight is 442 g/mol. The molecule has 2 heterocycles. The second kappa shape index (κ2) is 15.1. The van der Waals surface area contributed by atoms with Gasteiger partial charge in [-0.25, -0.2) is 4.98 Å². The molecule has 0 radical (unpaired) electrons. The van der Waals surface area contributed by atoms with Gasteiger partial charge in [-0.2, -0.15) is 0 Å². The Hall–Kier alpha value is -2.77. The molecule has 0 spiro atoms. The van der Waals surface area contributed by atoms with Crippen molar-refractivity contribution in [3.8, 4) is 0 Å². The molecule has 32 heavy (non-hydrogen) atoms. The monoisotopic (exact) mass is 441 g/mol. The van der Waals surface area contributed by atoms with E-state index >= 15 is 0 Å². The number of aryl methyl sites for hydroxylation is 1. The van der Waals surface area contributed by atoms with E-state index in [9.17, 15) is 9.59 Å². The molecule has 0 saturated carbocycles. The number of amides is 1. The molecule has 2 aromatic rings. The number of carbonyl (C=O) groups is 2. The molecule has 1 atom stereocenters. The minimum absolute atomic E-state index is 0.210. The van der Waals surface area contributed by atoms with E-state index in [1.165, 1.54) is 32.4 Å². The van der Waals surface area contributed by atoms with E-state index in [-0.39, 0.29) is 6.29 Å². The van der Waals surface area contributed by atoms with Crippen molar-refractivity contribution in [1.82, 2.24) is 14.8 Å². The number of benzene rings is 1. The third-order valence-electron chi connectivity index (χ3n) is 4.99. The molecule has 1 aromatic carbocycles. The van der Waals surface area contributed by atoms with Crippen molar-refractivity contribution in [3.05, 3.63) is 54.2 Å². The first kappa shape index (κ1) is 27.3. The van der Waals surface area contributed by atoms with Crippen molar-refractivity contribution in [1.29, 1.82) is 0 Å². The Morgan fingerprint density at radius 3 is 2.28 bits per heavy atom. The molecule has 3 N–H and O–H groups in total. The number of aldehydes is 1. The van der Waals surface area contributed by atoms with Gasteiger partial charge in [0.25, 0.3) is 5.91 Å². The third-order valence-corrected chi connectivity index (χ3v) is 4.99. The SMILES string of the molecule is CC(C)CN1CCN(C)CC1C.CCc1cc(NC(=O)C=O)cnc1N.c1ccccc1. The van der Waals surface area contributed by atoms with Gasteiger partial charge < -0.3 is 16.0 Å². The summed E-state index contributed by atoms with van der Waals surface area (Å²) in [5, 5.41) is 2.37. The van der Waals surface area contributed by atoms with Gasteiger partial charge in [0.15, 0.2) is 0 Å². The van der Waals surface area contributed by atoms with Crippen molar-refractivity contribution >= 4 is 23.7 Å². The highest BCUT2D eigenvalue weighted by Crippen LogP contribution is 2.14. The fourth-order valence-corrected chi connectivity index (χ4v) is 3.35. The van der Waals surface area contributed by atoms with Crippen LogP contribution >= 0.6 is 0 Å². The van der Waals surface area contributed by atoms with Gasteiger partial charge in [-0.3, -0.25) is 14.5 Å². The molecule has 3 rings (SSSR count). The zero-order chi connectivity index (χ0) is 23.9. The maximum absolute atomic E-state index is 10.7. The number of nitrogens with one attached hydrogen (secondary N) is 1. The number of aromatic nitrogens is 1. The summed E-state index contributed by atoms with van der Waals surface area (Å²) in [4.78, 5) is 29.7. The Morgan fingerprint density at radius 2 is 1.81 bits per heavy atom. The normalized spacial score (nSPS) is 16.2. The number of carbonyl (C=O) groups excluding carboxylic acids is 2. The molecule has 1 aliphatic heterocycles. The van der Waals surface area contributed by atoms with E-state index in [0.717, 1.165) is 23.9 Å². The van der Waals surface area contributed by atoms with Gasteiger partial charge in [0, 0.05) is 32.2 Å². The summed E-state index contributed by atoms with van der Waals surface area (Å²) in [6.45, 7) is 13.8. The third kappa shape index (κ3) is 11.0. The topological polar surface area (TPSA) is 91.6 Å². The van der Waals surface area contributed by atoms with Crippen molar-refractivity contribution in [2.45, 2.75) is 40.2 Å². The Morgan fingerprint density at radius 1 is 1.22 bits per heavy atom. The van der Waals surface area contributed by atoms with Crippen LogP contribution in [0.15, 0.2) is 48.7 Å². The van der Waals surface area contributed by atoms with Gasteiger partial charge in [-0.15, -0.1) is 0 Å². The van der Waals surface area contributed by atoms with Crippen LogP contribution < -0.4 is 11.1 Å². The summed E-state index contributed by atoms with van der Waals surface area (Å²) in [6.07, 6.45) is 2.35. The first-order chi connectivity index (χ1) is 15.3. The lowest BCUT2D eigenvalue weighted by molar-refractivity contribution is -0.127. The molecule has 1 fully saturated rings. The Labute approximate surface area is 193 Å². The number of nitrogens with zero attached hydrogens (tertiary/aromatic N) is 3. The van der Waals surface area contributed by atoms with Crippen LogP contribution in [0.1, 0.15) is 33.3 Å². The maximum Gasteiger partial charge on any atom is 0.288 e. The number of hydrogen-bond donors (Lipinski definition) is 2. The average Bonchev–Trinajstić information content (AvgIpc) is 2.79. The minimum Gasteiger partial charge on any atom is -0.383 e. The van der Waals surface area contributed by atoms with E-state index in [2.05, 4.69) is 47.9 Å². The lowest BCUT2D eigenvalue weighted by Crippen LogP contribution is -2.51. The summed E-state index contributed by atoms with van der Waals surface area (Å²) in [7, 11) is 2.21. The van der Waals surface area contributed by atoms with Gasteiger partial charge >= 0.3 is 0 Å². The molecule has 7 heteroatoms. The van der Waals surface area contributed by atoms with E-state index in [0.29, 0.717) is 11.5 Å². The number of nitrogen functional groups attached to an aromatic ring is 1. The summed E-state index contributed by atoms with van der Waals surface area (Å²) >= 11 is 0. The quantitative estimate of drug-likeness (QED) is 0.546. The number of nitrogens with two attached hydrogens (primary N) is 1. The smallest absolute Gasteiger partial charge is 0.288 e. The Balaban J connectivity index is 0.000000257. The number of pyridine rings is 1. The second-order valence-corrected chi connectivity index (χ2v) is 8.38. The van der Waals surface area contributed by atoms with Crippen molar-refractivity contribution in [2.24, 2.45) is 5.92 Å². The number of hydrogen-bond acceptors (Lipinski definition) is 6. The van der Waals surface area contributed by atoms with E-state index in [4.69, 9.17) is 5.73 Å². The number of rotatable bonds is 5. The molecule has 1 aliphatic rings. The lowest BCUT2D eigenvalue weighted by atomic mass is 10.1. The van der Waals surface area contributed by atoms with Crippen LogP contribution in [-0.2, 0) is 16.0 Å². The molecule has 1 unspecified atom stereocenters. The molecule has 0 bridgehead atoms. The Bertz CT molecular complexity index is 771. The molecule has 0 aliphatic carbocycles. The zero-order valence-corrected chi connectivity index (χ0v) is 20.1. The predicted octanol–water partition coefficient (Wildman–Crippen LogP) is 3.33. The van der Waals surface area contributed by atoms with Crippen LogP contribution in [0, 0.1) is 5.92 Å².